The van der Waals surface area contributed by atoms with Crippen LogP contribution in [0.3, 0.4) is 0 Å². The van der Waals surface area contributed by atoms with Crippen LogP contribution >= 0.6 is 0 Å². The third-order valence-corrected chi connectivity index (χ3v) is 2.86. The molecule has 0 bridgehead atoms. The van der Waals surface area contributed by atoms with E-state index in [1.807, 2.05) is 0 Å². The predicted molar refractivity (Wildman–Crippen MR) is 70.2 cm³/mol. The van der Waals surface area contributed by atoms with Crippen LogP contribution in [0.2, 0.25) is 0 Å². The van der Waals surface area contributed by atoms with Crippen molar-refractivity contribution in [3.05, 3.63) is 63.5 Å². The maximum absolute atomic E-state index is 13.8. The van der Waals surface area contributed by atoms with Crippen LogP contribution in [0.1, 0.15) is 15.9 Å². The average molecular weight is 275 g/mol. The van der Waals surface area contributed by atoms with Crippen LogP contribution in [0.25, 0.3) is 11.1 Å². The molecule has 0 saturated carbocycles. The number of carbonyl (C=O) groups is 1. The van der Waals surface area contributed by atoms with Crippen molar-refractivity contribution >= 4 is 11.7 Å². The van der Waals surface area contributed by atoms with Crippen molar-refractivity contribution in [2.45, 2.75) is 6.92 Å². The average Bonchev–Trinajstić information content (AvgIpc) is 2.37. The molecule has 5 nitrogen and oxygen atoms in total. The van der Waals surface area contributed by atoms with Gasteiger partial charge in [-0.1, -0.05) is 18.2 Å². The number of carboxylic acids is 1. The number of aromatic carboxylic acids is 1. The fourth-order valence-corrected chi connectivity index (χ4v) is 1.89. The maximum Gasteiger partial charge on any atom is 0.342 e. The van der Waals surface area contributed by atoms with Gasteiger partial charge in [0, 0.05) is 11.6 Å². The Kier molecular flexibility index (Phi) is 3.47. The maximum atomic E-state index is 13.8. The molecule has 2 aromatic rings. The van der Waals surface area contributed by atoms with Gasteiger partial charge >= 0.3 is 5.97 Å². The number of rotatable bonds is 3. The van der Waals surface area contributed by atoms with E-state index in [9.17, 15) is 19.3 Å². The van der Waals surface area contributed by atoms with Gasteiger partial charge in [0.2, 0.25) is 0 Å². The van der Waals surface area contributed by atoms with Gasteiger partial charge in [0.25, 0.3) is 5.69 Å². The number of hydrogen-bond donors (Lipinski definition) is 1. The van der Waals surface area contributed by atoms with E-state index in [0.29, 0.717) is 0 Å². The summed E-state index contributed by atoms with van der Waals surface area (Å²) in [5.74, 6) is -1.91. The molecule has 1 N–H and O–H groups in total. The minimum atomic E-state index is -1.40. The van der Waals surface area contributed by atoms with Gasteiger partial charge in [0.15, 0.2) is 0 Å². The first-order chi connectivity index (χ1) is 9.40. The first kappa shape index (κ1) is 13.7. The summed E-state index contributed by atoms with van der Waals surface area (Å²) in [6, 6.07) is 8.02. The lowest BCUT2D eigenvalue weighted by atomic mass is 10.0. The fraction of sp³-hybridized carbons (Fsp3) is 0.0714. The molecule has 0 radical (unpaired) electrons. The SMILES string of the molecule is Cc1ccc(-c2ccc(C(=O)O)c([N+](=O)[O-])c2)c(F)c1. The van der Waals surface area contributed by atoms with E-state index in [2.05, 4.69) is 0 Å². The quantitative estimate of drug-likeness (QED) is 0.687. The van der Waals surface area contributed by atoms with Crippen molar-refractivity contribution in [3.8, 4) is 11.1 Å². The highest BCUT2D eigenvalue weighted by atomic mass is 19.1. The van der Waals surface area contributed by atoms with E-state index < -0.39 is 28.0 Å². The Morgan fingerprint density at radius 1 is 1.25 bits per heavy atom. The Morgan fingerprint density at radius 2 is 1.95 bits per heavy atom. The van der Waals surface area contributed by atoms with E-state index in [0.717, 1.165) is 17.7 Å². The molecule has 6 heteroatoms. The number of nitro groups is 1. The van der Waals surface area contributed by atoms with Gasteiger partial charge in [-0.05, 0) is 30.2 Å². The Bertz CT molecular complexity index is 712. The molecular weight excluding hydrogens is 265 g/mol. The van der Waals surface area contributed by atoms with E-state index >= 15 is 0 Å². The molecular formula is C14H10FNO4. The number of carboxylic acid groups (broad SMARTS) is 1. The Hall–Kier alpha value is -2.76. The zero-order valence-electron chi connectivity index (χ0n) is 10.5. The normalized spacial score (nSPS) is 10.3. The second kappa shape index (κ2) is 5.08. The summed E-state index contributed by atoms with van der Waals surface area (Å²) in [5, 5.41) is 19.8. The van der Waals surface area contributed by atoms with Crippen LogP contribution in [-0.4, -0.2) is 16.0 Å². The van der Waals surface area contributed by atoms with Crippen LogP contribution in [-0.2, 0) is 0 Å². The smallest absolute Gasteiger partial charge is 0.342 e. The molecule has 2 rings (SSSR count). The van der Waals surface area contributed by atoms with Crippen molar-refractivity contribution < 1.29 is 19.2 Å². The third kappa shape index (κ3) is 2.49. The molecule has 0 amide bonds. The number of nitrogens with zero attached hydrogens (tertiary/aromatic N) is 1. The monoisotopic (exact) mass is 275 g/mol. The van der Waals surface area contributed by atoms with Crippen LogP contribution in [0.15, 0.2) is 36.4 Å². The lowest BCUT2D eigenvalue weighted by Gasteiger charge is -2.06. The molecule has 102 valence electrons. The summed E-state index contributed by atoms with van der Waals surface area (Å²) in [7, 11) is 0. The summed E-state index contributed by atoms with van der Waals surface area (Å²) >= 11 is 0. The molecule has 0 spiro atoms. The van der Waals surface area contributed by atoms with E-state index in [1.54, 1.807) is 13.0 Å². The van der Waals surface area contributed by atoms with Gasteiger partial charge in [-0.25, -0.2) is 9.18 Å². The summed E-state index contributed by atoms with van der Waals surface area (Å²) in [6.45, 7) is 1.73. The van der Waals surface area contributed by atoms with E-state index in [4.69, 9.17) is 5.11 Å². The fourth-order valence-electron chi connectivity index (χ4n) is 1.89. The highest BCUT2D eigenvalue weighted by Crippen LogP contribution is 2.29. The van der Waals surface area contributed by atoms with Gasteiger partial charge in [-0.3, -0.25) is 10.1 Å². The van der Waals surface area contributed by atoms with Crippen LogP contribution in [0.5, 0.6) is 0 Å². The predicted octanol–water partition coefficient (Wildman–Crippen LogP) is 3.41. The van der Waals surface area contributed by atoms with Crippen molar-refractivity contribution in [3.63, 3.8) is 0 Å². The van der Waals surface area contributed by atoms with Crippen LogP contribution < -0.4 is 0 Å². The number of nitro benzene ring substituents is 1. The third-order valence-electron chi connectivity index (χ3n) is 2.86. The van der Waals surface area contributed by atoms with E-state index in [1.165, 1.54) is 18.2 Å². The topological polar surface area (TPSA) is 80.4 Å². The number of hydrogen-bond acceptors (Lipinski definition) is 3. The molecule has 2 aromatic carbocycles. The van der Waals surface area contributed by atoms with Crippen molar-refractivity contribution in [1.29, 1.82) is 0 Å². The largest absolute Gasteiger partial charge is 0.477 e. The molecule has 0 aromatic heterocycles. The van der Waals surface area contributed by atoms with E-state index in [-0.39, 0.29) is 11.1 Å². The van der Waals surface area contributed by atoms with Crippen molar-refractivity contribution in [2.24, 2.45) is 0 Å². The zero-order chi connectivity index (χ0) is 14.9. The molecule has 0 unspecified atom stereocenters. The Balaban J connectivity index is 2.62. The van der Waals surface area contributed by atoms with Gasteiger partial charge in [0.1, 0.15) is 11.4 Å². The highest BCUT2D eigenvalue weighted by molar-refractivity contribution is 5.93. The highest BCUT2D eigenvalue weighted by Gasteiger charge is 2.21. The summed E-state index contributed by atoms with van der Waals surface area (Å²) in [6.07, 6.45) is 0. The Labute approximate surface area is 113 Å². The molecule has 20 heavy (non-hydrogen) atoms. The molecule has 0 aliphatic heterocycles. The lowest BCUT2D eigenvalue weighted by Crippen LogP contribution is -2.02. The number of aryl methyl sites for hydroxylation is 1. The molecule has 0 fully saturated rings. The minimum absolute atomic E-state index is 0.190. The van der Waals surface area contributed by atoms with Crippen molar-refractivity contribution in [1.82, 2.24) is 0 Å². The lowest BCUT2D eigenvalue weighted by molar-refractivity contribution is -0.385. The van der Waals surface area contributed by atoms with Gasteiger partial charge in [-0.15, -0.1) is 0 Å². The van der Waals surface area contributed by atoms with Crippen LogP contribution in [0.4, 0.5) is 10.1 Å². The second-order valence-corrected chi connectivity index (χ2v) is 4.28. The Morgan fingerprint density at radius 3 is 2.50 bits per heavy atom. The van der Waals surface area contributed by atoms with Gasteiger partial charge < -0.3 is 5.11 Å². The molecule has 0 aliphatic carbocycles. The molecule has 0 saturated heterocycles. The van der Waals surface area contributed by atoms with Crippen LogP contribution in [0, 0.1) is 22.9 Å². The zero-order valence-corrected chi connectivity index (χ0v) is 10.5. The summed E-state index contributed by atoms with van der Waals surface area (Å²) in [5.41, 5.74) is 0.194. The summed E-state index contributed by atoms with van der Waals surface area (Å²) in [4.78, 5) is 21.0. The summed E-state index contributed by atoms with van der Waals surface area (Å²) < 4.78 is 13.8. The molecule has 0 atom stereocenters. The molecule has 0 aliphatic rings. The number of benzene rings is 2. The number of halogens is 1. The van der Waals surface area contributed by atoms with Gasteiger partial charge in [-0.2, -0.15) is 0 Å². The standard InChI is InChI=1S/C14H10FNO4/c1-8-2-4-10(12(15)6-8)9-3-5-11(14(17)18)13(7-9)16(19)20/h2-7H,1H3,(H,17,18). The first-order valence-corrected chi connectivity index (χ1v) is 5.68. The molecule has 0 heterocycles. The first-order valence-electron chi connectivity index (χ1n) is 5.68. The second-order valence-electron chi connectivity index (χ2n) is 4.28. The van der Waals surface area contributed by atoms with Gasteiger partial charge in [0.05, 0.1) is 4.92 Å². The minimum Gasteiger partial charge on any atom is -0.477 e. The van der Waals surface area contributed by atoms with Crippen molar-refractivity contribution in [2.75, 3.05) is 0 Å².